The van der Waals surface area contributed by atoms with Gasteiger partial charge in [0.25, 0.3) is 10.0 Å². The summed E-state index contributed by atoms with van der Waals surface area (Å²) in [5.41, 5.74) is 1.88. The van der Waals surface area contributed by atoms with Gasteiger partial charge in [0.1, 0.15) is 12.6 Å². The van der Waals surface area contributed by atoms with Crippen molar-refractivity contribution in [1.82, 2.24) is 10.2 Å². The molecule has 0 aliphatic carbocycles. The topological polar surface area (TPSA) is 86.8 Å². The lowest BCUT2D eigenvalue weighted by molar-refractivity contribution is -0.140. The maximum Gasteiger partial charge on any atom is 0.264 e. The van der Waals surface area contributed by atoms with Gasteiger partial charge in [-0.2, -0.15) is 0 Å². The van der Waals surface area contributed by atoms with Gasteiger partial charge in [-0.25, -0.2) is 8.42 Å². The van der Waals surface area contributed by atoms with E-state index in [1.165, 1.54) is 17.0 Å². The number of benzene rings is 3. The van der Waals surface area contributed by atoms with Gasteiger partial charge in [0.05, 0.1) is 10.6 Å². The Bertz CT molecular complexity index is 1360. The first-order chi connectivity index (χ1) is 18.5. The number of nitrogens with one attached hydrogen (secondary N) is 1. The standard InChI is InChI=1S/C30H36ClN3O4S/c1-5-27(30(36)32-19-22(2)3)33(20-24-15-17-25(31)18-16-24)29(35)21-34(28-14-10-9-11-23(28)4)39(37,38)26-12-7-6-8-13-26/h6-18,22,27H,5,19-21H2,1-4H3,(H,32,36)/t27-/m1/s1. The van der Waals surface area contributed by atoms with E-state index in [-0.39, 0.29) is 23.3 Å². The van der Waals surface area contributed by atoms with Crippen molar-refractivity contribution in [3.05, 3.63) is 95.0 Å². The minimum absolute atomic E-state index is 0.0759. The minimum Gasteiger partial charge on any atom is -0.354 e. The van der Waals surface area contributed by atoms with Gasteiger partial charge >= 0.3 is 0 Å². The van der Waals surface area contributed by atoms with E-state index in [2.05, 4.69) is 5.32 Å². The SMILES string of the molecule is CC[C@H](C(=O)NCC(C)C)N(Cc1ccc(Cl)cc1)C(=O)CN(c1ccccc1C)S(=O)(=O)c1ccccc1. The number of sulfonamides is 1. The van der Waals surface area contributed by atoms with Crippen LogP contribution in [0.25, 0.3) is 0 Å². The van der Waals surface area contributed by atoms with Gasteiger partial charge in [0.2, 0.25) is 11.8 Å². The molecule has 0 saturated heterocycles. The van der Waals surface area contributed by atoms with Gasteiger partial charge in [-0.15, -0.1) is 0 Å². The summed E-state index contributed by atoms with van der Waals surface area (Å²) in [5.74, 6) is -0.527. The Balaban J connectivity index is 2.04. The summed E-state index contributed by atoms with van der Waals surface area (Å²) < 4.78 is 28.8. The molecular weight excluding hydrogens is 534 g/mol. The van der Waals surface area contributed by atoms with Crippen LogP contribution in [0.1, 0.15) is 38.3 Å². The number of carbonyl (C=O) groups excluding carboxylic acids is 2. The van der Waals surface area contributed by atoms with Crippen molar-refractivity contribution < 1.29 is 18.0 Å². The Labute approximate surface area is 236 Å². The third-order valence-electron chi connectivity index (χ3n) is 6.33. The maximum atomic E-state index is 14.0. The predicted molar refractivity (Wildman–Crippen MR) is 156 cm³/mol. The van der Waals surface area contributed by atoms with Crippen LogP contribution in [0.3, 0.4) is 0 Å². The van der Waals surface area contributed by atoms with E-state index in [9.17, 15) is 18.0 Å². The first-order valence-corrected chi connectivity index (χ1v) is 14.8. The zero-order valence-corrected chi connectivity index (χ0v) is 24.4. The molecule has 9 heteroatoms. The van der Waals surface area contributed by atoms with Crippen LogP contribution in [0.2, 0.25) is 5.02 Å². The van der Waals surface area contributed by atoms with Crippen LogP contribution in [0.5, 0.6) is 0 Å². The van der Waals surface area contributed by atoms with E-state index in [0.717, 1.165) is 9.87 Å². The summed E-state index contributed by atoms with van der Waals surface area (Å²) in [6, 6.07) is 21.3. The van der Waals surface area contributed by atoms with Crippen LogP contribution in [0.15, 0.2) is 83.8 Å². The summed E-state index contributed by atoms with van der Waals surface area (Å²) in [7, 11) is -4.09. The molecule has 0 aliphatic rings. The molecule has 0 spiro atoms. The second kappa shape index (κ2) is 13.6. The van der Waals surface area contributed by atoms with Crippen molar-refractivity contribution in [2.24, 2.45) is 5.92 Å². The van der Waals surface area contributed by atoms with E-state index < -0.39 is 28.5 Å². The lowest BCUT2D eigenvalue weighted by Crippen LogP contribution is -2.52. The van der Waals surface area contributed by atoms with Crippen LogP contribution in [-0.4, -0.2) is 44.3 Å². The van der Waals surface area contributed by atoms with Gasteiger partial charge in [0, 0.05) is 18.1 Å². The first-order valence-electron chi connectivity index (χ1n) is 13.0. The molecule has 7 nitrogen and oxygen atoms in total. The summed E-state index contributed by atoms with van der Waals surface area (Å²) in [6.07, 6.45) is 0.360. The van der Waals surface area contributed by atoms with Gasteiger partial charge in [-0.1, -0.05) is 80.9 Å². The zero-order chi connectivity index (χ0) is 28.6. The van der Waals surface area contributed by atoms with Crippen molar-refractivity contribution in [3.8, 4) is 0 Å². The second-order valence-electron chi connectivity index (χ2n) is 9.82. The average molecular weight is 570 g/mol. The molecule has 0 aromatic heterocycles. The number of para-hydroxylation sites is 1. The summed E-state index contributed by atoms with van der Waals surface area (Å²) in [5, 5.41) is 3.48. The number of anilines is 1. The minimum atomic E-state index is -4.09. The monoisotopic (exact) mass is 569 g/mol. The smallest absolute Gasteiger partial charge is 0.264 e. The molecule has 208 valence electrons. The molecule has 3 aromatic carbocycles. The van der Waals surface area contributed by atoms with Crippen LogP contribution >= 0.6 is 11.6 Å². The number of hydrogen-bond acceptors (Lipinski definition) is 4. The van der Waals surface area contributed by atoms with Crippen LogP contribution in [-0.2, 0) is 26.2 Å². The molecular formula is C30H36ClN3O4S. The van der Waals surface area contributed by atoms with E-state index >= 15 is 0 Å². The quantitative estimate of drug-likeness (QED) is 0.315. The molecule has 3 rings (SSSR count). The predicted octanol–water partition coefficient (Wildman–Crippen LogP) is 5.42. The van der Waals surface area contributed by atoms with Crippen LogP contribution in [0, 0.1) is 12.8 Å². The largest absolute Gasteiger partial charge is 0.354 e. The molecule has 0 bridgehead atoms. The molecule has 1 N–H and O–H groups in total. The summed E-state index contributed by atoms with van der Waals surface area (Å²) >= 11 is 6.06. The Morgan fingerprint density at radius 3 is 2.13 bits per heavy atom. The highest BCUT2D eigenvalue weighted by molar-refractivity contribution is 7.92. The number of halogens is 1. The summed E-state index contributed by atoms with van der Waals surface area (Å²) in [4.78, 5) is 28.8. The van der Waals surface area contributed by atoms with Crippen molar-refractivity contribution >= 4 is 39.1 Å². The normalized spacial score (nSPS) is 12.2. The molecule has 0 fully saturated rings. The molecule has 0 saturated carbocycles. The van der Waals surface area contributed by atoms with Gasteiger partial charge in [0.15, 0.2) is 0 Å². The Morgan fingerprint density at radius 1 is 0.923 bits per heavy atom. The van der Waals surface area contributed by atoms with E-state index in [0.29, 0.717) is 29.2 Å². The highest BCUT2D eigenvalue weighted by atomic mass is 35.5. The lowest BCUT2D eigenvalue weighted by atomic mass is 10.1. The number of carbonyl (C=O) groups is 2. The number of rotatable bonds is 12. The number of amides is 2. The molecule has 0 heterocycles. The van der Waals surface area contributed by atoms with Crippen molar-refractivity contribution in [3.63, 3.8) is 0 Å². The first kappa shape index (κ1) is 30.2. The molecule has 2 amide bonds. The average Bonchev–Trinajstić information content (AvgIpc) is 2.92. The molecule has 39 heavy (non-hydrogen) atoms. The molecule has 3 aromatic rings. The lowest BCUT2D eigenvalue weighted by Gasteiger charge is -2.33. The molecule has 0 unspecified atom stereocenters. The summed E-state index contributed by atoms with van der Waals surface area (Å²) in [6.45, 7) is 7.74. The third kappa shape index (κ3) is 7.83. The molecule has 1 atom stereocenters. The number of hydrogen-bond donors (Lipinski definition) is 1. The van der Waals surface area contributed by atoms with Crippen LogP contribution in [0.4, 0.5) is 5.69 Å². The van der Waals surface area contributed by atoms with Gasteiger partial charge < -0.3 is 10.2 Å². The second-order valence-corrected chi connectivity index (χ2v) is 12.1. The van der Waals surface area contributed by atoms with Crippen LogP contribution < -0.4 is 9.62 Å². The van der Waals surface area contributed by atoms with Crippen molar-refractivity contribution in [2.75, 3.05) is 17.4 Å². The third-order valence-corrected chi connectivity index (χ3v) is 8.36. The number of nitrogens with zero attached hydrogens (tertiary/aromatic N) is 2. The molecule has 0 aliphatic heterocycles. The van der Waals surface area contributed by atoms with E-state index in [1.54, 1.807) is 67.6 Å². The van der Waals surface area contributed by atoms with E-state index in [4.69, 9.17) is 11.6 Å². The van der Waals surface area contributed by atoms with E-state index in [1.807, 2.05) is 26.8 Å². The Kier molecular flexibility index (Phi) is 10.5. The fraction of sp³-hybridized carbons (Fsp3) is 0.333. The highest BCUT2D eigenvalue weighted by Gasteiger charge is 2.34. The van der Waals surface area contributed by atoms with Crippen molar-refractivity contribution in [2.45, 2.75) is 51.6 Å². The highest BCUT2D eigenvalue weighted by Crippen LogP contribution is 2.27. The maximum absolute atomic E-state index is 14.0. The number of aryl methyl sites for hydroxylation is 1. The zero-order valence-electron chi connectivity index (χ0n) is 22.8. The van der Waals surface area contributed by atoms with Gasteiger partial charge in [-0.05, 0) is 60.7 Å². The molecule has 0 radical (unpaired) electrons. The van der Waals surface area contributed by atoms with Crippen molar-refractivity contribution in [1.29, 1.82) is 0 Å². The van der Waals surface area contributed by atoms with Gasteiger partial charge in [-0.3, -0.25) is 13.9 Å². The Hall–Kier alpha value is -3.36. The Morgan fingerprint density at radius 2 is 1.54 bits per heavy atom. The fourth-order valence-corrected chi connectivity index (χ4v) is 5.83. The fourth-order valence-electron chi connectivity index (χ4n) is 4.20.